The largest absolute Gasteiger partial charge is 0.248 e. The second-order valence-corrected chi connectivity index (χ2v) is 11.4. The number of azide groups is 1. The van der Waals surface area contributed by atoms with Gasteiger partial charge >= 0.3 is 0 Å². The topological polar surface area (TPSA) is 79.5 Å². The minimum Gasteiger partial charge on any atom is -0.248 e. The molecule has 0 N–H and O–H groups in total. The van der Waals surface area contributed by atoms with E-state index in [1.807, 2.05) is 6.07 Å². The molecule has 0 amide bonds. The predicted octanol–water partition coefficient (Wildman–Crippen LogP) is 7.13. The van der Waals surface area contributed by atoms with Gasteiger partial charge in [-0.1, -0.05) is 66.2 Å². The average molecular weight is 443 g/mol. The molecule has 3 saturated carbocycles. The molecular weight excluding hydrogens is 408 g/mol. The molecule has 3 fully saturated rings. The van der Waals surface area contributed by atoms with E-state index in [0.717, 1.165) is 41.9 Å². The molecule has 0 radical (unpaired) electrons. The van der Waals surface area contributed by atoms with Crippen LogP contribution in [0.3, 0.4) is 0 Å². The molecule has 0 spiro atoms. The molecule has 1 heterocycles. The van der Waals surface area contributed by atoms with Crippen molar-refractivity contribution in [1.82, 2.24) is 15.0 Å². The first-order chi connectivity index (χ1) is 16.0. The quantitative estimate of drug-likeness (QED) is 0.219. The van der Waals surface area contributed by atoms with E-state index < -0.39 is 0 Å². The number of benzene rings is 1. The van der Waals surface area contributed by atoms with Crippen LogP contribution in [0.5, 0.6) is 0 Å². The number of hydrogen-bond acceptors (Lipinski definition) is 3. The van der Waals surface area contributed by atoms with Gasteiger partial charge in [-0.05, 0) is 85.5 Å². The van der Waals surface area contributed by atoms with Crippen molar-refractivity contribution < 1.29 is 0 Å². The Labute approximate surface area is 196 Å². The first-order valence-corrected chi connectivity index (χ1v) is 12.7. The molecule has 6 nitrogen and oxygen atoms in total. The van der Waals surface area contributed by atoms with E-state index >= 15 is 0 Å². The molecule has 7 atom stereocenters. The Balaban J connectivity index is 1.26. The summed E-state index contributed by atoms with van der Waals surface area (Å²) in [6.07, 6.45) is 14.2. The summed E-state index contributed by atoms with van der Waals surface area (Å²) in [5, 5.41) is 13.2. The Kier molecular flexibility index (Phi) is 4.91. The Bertz CT molecular complexity index is 1110. The molecule has 0 bridgehead atoms. The van der Waals surface area contributed by atoms with Crippen molar-refractivity contribution >= 4 is 0 Å². The Morgan fingerprint density at radius 1 is 1.06 bits per heavy atom. The average Bonchev–Trinajstić information content (AvgIpc) is 3.44. The zero-order valence-electron chi connectivity index (χ0n) is 19.8. The summed E-state index contributed by atoms with van der Waals surface area (Å²) in [7, 11) is 0. The number of rotatable bonds is 3. The molecule has 6 heteroatoms. The van der Waals surface area contributed by atoms with Crippen molar-refractivity contribution in [1.29, 1.82) is 0 Å². The van der Waals surface area contributed by atoms with Gasteiger partial charge in [-0.2, -0.15) is 0 Å². The first kappa shape index (κ1) is 21.0. The second kappa shape index (κ2) is 7.73. The van der Waals surface area contributed by atoms with Gasteiger partial charge in [0.2, 0.25) is 0 Å². The maximum Gasteiger partial charge on any atom is 0.113 e. The maximum absolute atomic E-state index is 8.91. The SMILES string of the molecule is C[C@]12CCC(N=[N+]=[N-])CC1=CCC1C2CC[C@@]2(C)C1CC[C@H]2n1cc(-c2ccccc2)nn1. The van der Waals surface area contributed by atoms with Gasteiger partial charge in [-0.3, -0.25) is 0 Å². The number of aromatic nitrogens is 3. The highest BCUT2D eigenvalue weighted by Crippen LogP contribution is 2.67. The molecular formula is C27H34N6. The van der Waals surface area contributed by atoms with Crippen molar-refractivity contribution in [2.75, 3.05) is 0 Å². The van der Waals surface area contributed by atoms with E-state index in [2.05, 4.69) is 75.4 Å². The molecule has 2 aromatic rings. The fourth-order valence-corrected chi connectivity index (χ4v) is 8.39. The summed E-state index contributed by atoms with van der Waals surface area (Å²) in [6.45, 7) is 5.05. The minimum atomic E-state index is 0.154. The van der Waals surface area contributed by atoms with Gasteiger partial charge < -0.3 is 0 Å². The van der Waals surface area contributed by atoms with Crippen LogP contribution in [0.15, 0.2) is 53.3 Å². The summed E-state index contributed by atoms with van der Waals surface area (Å²) >= 11 is 0. The van der Waals surface area contributed by atoms with Crippen LogP contribution in [0.4, 0.5) is 0 Å². The normalized spacial score (nSPS) is 39.6. The number of hydrogen-bond donors (Lipinski definition) is 0. The van der Waals surface area contributed by atoms with Crippen LogP contribution in [0.2, 0.25) is 0 Å². The summed E-state index contributed by atoms with van der Waals surface area (Å²) in [6, 6.07) is 11.0. The third-order valence-corrected chi connectivity index (χ3v) is 10.1. The molecule has 4 aliphatic carbocycles. The van der Waals surface area contributed by atoms with E-state index in [-0.39, 0.29) is 16.9 Å². The van der Waals surface area contributed by atoms with Gasteiger partial charge in [-0.25, -0.2) is 4.68 Å². The smallest absolute Gasteiger partial charge is 0.113 e. The van der Waals surface area contributed by atoms with Crippen LogP contribution in [0, 0.1) is 28.6 Å². The molecule has 6 rings (SSSR count). The third-order valence-electron chi connectivity index (χ3n) is 10.1. The van der Waals surface area contributed by atoms with Gasteiger partial charge in [0.15, 0.2) is 0 Å². The molecule has 4 aliphatic rings. The van der Waals surface area contributed by atoms with Crippen LogP contribution in [0.1, 0.15) is 71.3 Å². The molecule has 0 aliphatic heterocycles. The summed E-state index contributed by atoms with van der Waals surface area (Å²) in [4.78, 5) is 3.10. The molecule has 4 unspecified atom stereocenters. The maximum atomic E-state index is 8.91. The van der Waals surface area contributed by atoms with Crippen LogP contribution >= 0.6 is 0 Å². The third kappa shape index (κ3) is 3.18. The standard InChI is InChI=1S/C27H34N6/c1-26-14-12-20(29-31-28)16-19(26)8-9-21-22-10-11-25(27(22,2)15-13-23(21)26)33-17-24(30-32-33)18-6-4-3-5-7-18/h3-8,17,20-23,25H,9-16H2,1-2H3/t20?,21?,22?,23?,25-,26+,27+/m1/s1. The zero-order chi connectivity index (χ0) is 22.6. The lowest BCUT2D eigenvalue weighted by molar-refractivity contribution is -0.0412. The molecule has 0 saturated heterocycles. The van der Waals surface area contributed by atoms with Crippen LogP contribution in [-0.2, 0) is 0 Å². The van der Waals surface area contributed by atoms with Gasteiger partial charge in [0, 0.05) is 16.5 Å². The monoisotopic (exact) mass is 442 g/mol. The highest BCUT2D eigenvalue weighted by Gasteiger charge is 2.59. The molecule has 33 heavy (non-hydrogen) atoms. The lowest BCUT2D eigenvalue weighted by atomic mass is 9.47. The lowest BCUT2D eigenvalue weighted by Gasteiger charge is -2.58. The van der Waals surface area contributed by atoms with Crippen molar-refractivity contribution in [3.8, 4) is 11.3 Å². The predicted molar refractivity (Wildman–Crippen MR) is 129 cm³/mol. The Morgan fingerprint density at radius 2 is 1.91 bits per heavy atom. The highest BCUT2D eigenvalue weighted by molar-refractivity contribution is 5.57. The van der Waals surface area contributed by atoms with Crippen molar-refractivity contribution in [2.45, 2.75) is 77.3 Å². The second-order valence-electron chi connectivity index (χ2n) is 11.4. The highest BCUT2D eigenvalue weighted by atomic mass is 15.4. The van der Waals surface area contributed by atoms with Crippen molar-refractivity contribution in [3.63, 3.8) is 0 Å². The molecule has 1 aromatic heterocycles. The molecule has 172 valence electrons. The summed E-state index contributed by atoms with van der Waals surface area (Å²) in [5.41, 5.74) is 13.2. The van der Waals surface area contributed by atoms with E-state index in [0.29, 0.717) is 6.04 Å². The van der Waals surface area contributed by atoms with Crippen LogP contribution < -0.4 is 0 Å². The van der Waals surface area contributed by atoms with E-state index in [1.165, 1.54) is 38.5 Å². The Morgan fingerprint density at radius 3 is 2.73 bits per heavy atom. The minimum absolute atomic E-state index is 0.154. The van der Waals surface area contributed by atoms with Crippen molar-refractivity contribution in [3.05, 3.63) is 58.6 Å². The van der Waals surface area contributed by atoms with Crippen LogP contribution in [0.25, 0.3) is 21.7 Å². The van der Waals surface area contributed by atoms with Gasteiger partial charge in [0.1, 0.15) is 5.69 Å². The molecule has 1 aromatic carbocycles. The van der Waals surface area contributed by atoms with Gasteiger partial charge in [0.05, 0.1) is 12.2 Å². The van der Waals surface area contributed by atoms with Crippen LogP contribution in [-0.4, -0.2) is 21.0 Å². The summed E-state index contributed by atoms with van der Waals surface area (Å²) in [5.74, 6) is 2.27. The lowest BCUT2D eigenvalue weighted by Crippen LogP contribution is -2.50. The van der Waals surface area contributed by atoms with Gasteiger partial charge in [-0.15, -0.1) is 5.10 Å². The fraction of sp³-hybridized carbons (Fsp3) is 0.630. The van der Waals surface area contributed by atoms with E-state index in [4.69, 9.17) is 5.53 Å². The number of fused-ring (bicyclic) bond motifs is 5. The zero-order valence-corrected chi connectivity index (χ0v) is 19.8. The Hall–Kier alpha value is -2.59. The summed E-state index contributed by atoms with van der Waals surface area (Å²) < 4.78 is 2.19. The fourth-order valence-electron chi connectivity index (χ4n) is 8.39. The van der Waals surface area contributed by atoms with Gasteiger partial charge in [0.25, 0.3) is 0 Å². The van der Waals surface area contributed by atoms with E-state index in [9.17, 15) is 0 Å². The number of allylic oxidation sites excluding steroid dienone is 1. The first-order valence-electron chi connectivity index (χ1n) is 12.7. The number of nitrogens with zero attached hydrogens (tertiary/aromatic N) is 6. The van der Waals surface area contributed by atoms with E-state index in [1.54, 1.807) is 5.57 Å². The van der Waals surface area contributed by atoms with Crippen molar-refractivity contribution in [2.24, 2.45) is 33.7 Å².